The second kappa shape index (κ2) is 5.74. The number of carbonyl (C=O) groups excluding carboxylic acids is 1. The minimum atomic E-state index is -1.16. The number of rotatable bonds is 4. The Morgan fingerprint density at radius 3 is 2.44 bits per heavy atom. The number of carbonyl (C=O) groups is 1. The molecule has 18 heavy (non-hydrogen) atoms. The second-order valence-electron chi connectivity index (χ2n) is 4.11. The van der Waals surface area contributed by atoms with Crippen LogP contribution in [0.3, 0.4) is 0 Å². The Kier molecular flexibility index (Phi) is 4.33. The number of hydrogen-bond acceptors (Lipinski definition) is 6. The van der Waals surface area contributed by atoms with Gasteiger partial charge in [0.25, 0.3) is 0 Å². The highest BCUT2D eigenvalue weighted by Gasteiger charge is 2.33. The molecule has 0 aromatic carbocycles. The van der Waals surface area contributed by atoms with Crippen LogP contribution in [0.15, 0.2) is 18.5 Å². The smallest absolute Gasteiger partial charge is 0.314 e. The first-order valence-corrected chi connectivity index (χ1v) is 5.26. The van der Waals surface area contributed by atoms with Gasteiger partial charge in [0.05, 0.1) is 12.1 Å². The van der Waals surface area contributed by atoms with Gasteiger partial charge in [0, 0.05) is 12.4 Å². The molecule has 0 aliphatic rings. The molecule has 1 aromatic heterocycles. The minimum Gasteiger partial charge on any atom is -0.457 e. The highest BCUT2D eigenvalue weighted by Crippen LogP contribution is 2.20. The van der Waals surface area contributed by atoms with Crippen molar-refractivity contribution in [3.63, 3.8) is 0 Å². The number of esters is 1. The topological polar surface area (TPSA) is 99.7 Å². The number of aromatic nitrogens is 2. The summed E-state index contributed by atoms with van der Waals surface area (Å²) in [5.74, 6) is -1.25. The fraction of sp³-hybridized carbons (Fsp3) is 0.417. The molecule has 0 N–H and O–H groups in total. The first kappa shape index (κ1) is 13.6. The van der Waals surface area contributed by atoms with E-state index < -0.39 is 17.5 Å². The first-order valence-electron chi connectivity index (χ1n) is 5.26. The third kappa shape index (κ3) is 3.53. The number of nitrogens with zero attached hydrogens (tertiary/aromatic N) is 4. The van der Waals surface area contributed by atoms with Crippen LogP contribution in [-0.2, 0) is 16.0 Å². The Bertz CT molecular complexity index is 485. The van der Waals surface area contributed by atoms with Crippen molar-refractivity contribution in [2.45, 2.75) is 25.9 Å². The van der Waals surface area contributed by atoms with E-state index in [-0.39, 0.29) is 6.42 Å². The summed E-state index contributed by atoms with van der Waals surface area (Å²) in [6.45, 7) is 3.04. The minimum absolute atomic E-state index is 0.0894. The van der Waals surface area contributed by atoms with E-state index in [2.05, 4.69) is 9.97 Å². The zero-order chi connectivity index (χ0) is 13.6. The lowest BCUT2D eigenvalue weighted by atomic mass is 9.93. The predicted molar refractivity (Wildman–Crippen MR) is 60.6 cm³/mol. The lowest BCUT2D eigenvalue weighted by Gasteiger charge is -2.25. The van der Waals surface area contributed by atoms with Crippen LogP contribution in [0.1, 0.15) is 19.7 Å². The van der Waals surface area contributed by atoms with Crippen molar-refractivity contribution in [3.8, 4) is 12.1 Å². The van der Waals surface area contributed by atoms with Gasteiger partial charge < -0.3 is 4.74 Å². The van der Waals surface area contributed by atoms with Gasteiger partial charge >= 0.3 is 5.97 Å². The Morgan fingerprint density at radius 1 is 1.39 bits per heavy atom. The molecular formula is C12H12N4O2. The maximum Gasteiger partial charge on any atom is 0.314 e. The van der Waals surface area contributed by atoms with Gasteiger partial charge in [-0.05, 0) is 19.9 Å². The third-order valence-electron chi connectivity index (χ3n) is 2.25. The van der Waals surface area contributed by atoms with E-state index in [1.54, 1.807) is 18.2 Å². The molecule has 0 fully saturated rings. The van der Waals surface area contributed by atoms with Crippen LogP contribution < -0.4 is 0 Å². The van der Waals surface area contributed by atoms with Gasteiger partial charge in [-0.2, -0.15) is 10.5 Å². The van der Waals surface area contributed by atoms with Gasteiger partial charge in [0.1, 0.15) is 17.8 Å². The summed E-state index contributed by atoms with van der Waals surface area (Å²) < 4.78 is 5.12. The molecule has 92 valence electrons. The SMILES string of the molecule is CC(C)(OC(=O)Cc1ncccn1)C(C#N)C#N. The fourth-order valence-electron chi connectivity index (χ4n) is 1.28. The van der Waals surface area contributed by atoms with Crippen LogP contribution in [0.25, 0.3) is 0 Å². The molecule has 0 radical (unpaired) electrons. The quantitative estimate of drug-likeness (QED) is 0.732. The van der Waals surface area contributed by atoms with Gasteiger partial charge in [-0.3, -0.25) is 4.79 Å². The van der Waals surface area contributed by atoms with Crippen molar-refractivity contribution in [3.05, 3.63) is 24.3 Å². The molecule has 0 spiro atoms. The highest BCUT2D eigenvalue weighted by atomic mass is 16.6. The molecule has 0 aliphatic carbocycles. The molecule has 1 rings (SSSR count). The van der Waals surface area contributed by atoms with Crippen LogP contribution in [0.5, 0.6) is 0 Å². The van der Waals surface area contributed by atoms with Gasteiger partial charge in [-0.1, -0.05) is 0 Å². The standard InChI is InChI=1S/C12H12N4O2/c1-12(2,9(7-13)8-14)18-11(17)6-10-15-4-3-5-16-10/h3-5,9H,6H2,1-2H3. The van der Waals surface area contributed by atoms with Crippen molar-refractivity contribution in [2.24, 2.45) is 5.92 Å². The molecule has 0 saturated carbocycles. The van der Waals surface area contributed by atoms with Crippen LogP contribution in [0.4, 0.5) is 0 Å². The van der Waals surface area contributed by atoms with Crippen molar-refractivity contribution in [1.29, 1.82) is 10.5 Å². The van der Waals surface area contributed by atoms with Crippen molar-refractivity contribution in [2.75, 3.05) is 0 Å². The summed E-state index contributed by atoms with van der Waals surface area (Å²) in [4.78, 5) is 19.4. The Morgan fingerprint density at radius 2 is 1.94 bits per heavy atom. The molecular weight excluding hydrogens is 232 g/mol. The van der Waals surface area contributed by atoms with Gasteiger partial charge in [0.2, 0.25) is 0 Å². The lowest BCUT2D eigenvalue weighted by molar-refractivity contribution is -0.157. The normalized spacial score (nSPS) is 10.5. The molecule has 1 heterocycles. The molecule has 0 aliphatic heterocycles. The van der Waals surface area contributed by atoms with Crippen LogP contribution in [-0.4, -0.2) is 21.5 Å². The summed E-state index contributed by atoms with van der Waals surface area (Å²) >= 11 is 0. The van der Waals surface area contributed by atoms with E-state index >= 15 is 0 Å². The number of ether oxygens (including phenoxy) is 1. The number of hydrogen-bond donors (Lipinski definition) is 0. The summed E-state index contributed by atoms with van der Waals surface area (Å²) in [5, 5.41) is 17.6. The zero-order valence-corrected chi connectivity index (χ0v) is 10.1. The Balaban J connectivity index is 2.66. The maximum absolute atomic E-state index is 11.6. The summed E-state index contributed by atoms with van der Waals surface area (Å²) in [5.41, 5.74) is -1.16. The van der Waals surface area contributed by atoms with Crippen LogP contribution >= 0.6 is 0 Å². The maximum atomic E-state index is 11.6. The molecule has 6 heteroatoms. The summed E-state index contributed by atoms with van der Waals surface area (Å²) in [6, 6.07) is 5.22. The third-order valence-corrected chi connectivity index (χ3v) is 2.25. The first-order chi connectivity index (χ1) is 8.49. The van der Waals surface area contributed by atoms with E-state index in [9.17, 15) is 4.79 Å². The van der Waals surface area contributed by atoms with Crippen molar-refractivity contribution >= 4 is 5.97 Å². The average molecular weight is 244 g/mol. The van der Waals surface area contributed by atoms with Crippen LogP contribution in [0, 0.1) is 28.6 Å². The monoisotopic (exact) mass is 244 g/mol. The van der Waals surface area contributed by atoms with Gasteiger partial charge in [-0.15, -0.1) is 0 Å². The fourth-order valence-corrected chi connectivity index (χ4v) is 1.28. The summed E-state index contributed by atoms with van der Waals surface area (Å²) in [6.07, 6.45) is 2.95. The van der Waals surface area contributed by atoms with E-state index in [0.29, 0.717) is 5.82 Å². The average Bonchev–Trinajstić information content (AvgIpc) is 2.30. The predicted octanol–water partition coefficient (Wildman–Crippen LogP) is 1.00. The van der Waals surface area contributed by atoms with Gasteiger partial charge in [-0.25, -0.2) is 9.97 Å². The highest BCUT2D eigenvalue weighted by molar-refractivity contribution is 5.72. The lowest BCUT2D eigenvalue weighted by Crippen LogP contribution is -2.36. The van der Waals surface area contributed by atoms with Crippen molar-refractivity contribution in [1.82, 2.24) is 9.97 Å². The molecule has 0 bridgehead atoms. The molecule has 0 saturated heterocycles. The van der Waals surface area contributed by atoms with E-state index in [1.807, 2.05) is 0 Å². The van der Waals surface area contributed by atoms with Crippen LogP contribution in [0.2, 0.25) is 0 Å². The molecule has 0 amide bonds. The van der Waals surface area contributed by atoms with E-state index in [4.69, 9.17) is 15.3 Å². The summed E-state index contributed by atoms with van der Waals surface area (Å²) in [7, 11) is 0. The zero-order valence-electron chi connectivity index (χ0n) is 10.1. The van der Waals surface area contributed by atoms with E-state index in [1.165, 1.54) is 26.2 Å². The van der Waals surface area contributed by atoms with Gasteiger partial charge in [0.15, 0.2) is 5.92 Å². The molecule has 1 aromatic rings. The molecule has 6 nitrogen and oxygen atoms in total. The molecule has 0 atom stereocenters. The number of nitriles is 2. The Hall–Kier alpha value is -2.47. The molecule has 0 unspecified atom stereocenters. The largest absolute Gasteiger partial charge is 0.457 e. The van der Waals surface area contributed by atoms with Crippen molar-refractivity contribution < 1.29 is 9.53 Å². The Labute approximate surface area is 105 Å². The van der Waals surface area contributed by atoms with E-state index in [0.717, 1.165) is 0 Å². The second-order valence-corrected chi connectivity index (χ2v) is 4.11.